The molecule has 0 radical (unpaired) electrons. The van der Waals surface area contributed by atoms with Gasteiger partial charge in [0.1, 0.15) is 0 Å². The number of hydrogen-bond donors (Lipinski definition) is 1. The van der Waals surface area contributed by atoms with Gasteiger partial charge in [-0.25, -0.2) is 9.97 Å². The molecular weight excluding hydrogens is 268 g/mol. The van der Waals surface area contributed by atoms with Crippen molar-refractivity contribution in [2.45, 2.75) is 25.4 Å². The number of fused-ring (bicyclic) bond motifs is 1. The maximum Gasteiger partial charge on any atom is 0.161 e. The zero-order valence-corrected chi connectivity index (χ0v) is 11.7. The highest BCUT2D eigenvalue weighted by Crippen LogP contribution is 2.24. The van der Waals surface area contributed by atoms with E-state index in [1.165, 1.54) is 17.5 Å². The average Bonchev–Trinajstić information content (AvgIpc) is 3.20. The molecule has 0 unspecified atom stereocenters. The van der Waals surface area contributed by atoms with E-state index in [0.717, 1.165) is 29.1 Å². The van der Waals surface area contributed by atoms with Gasteiger partial charge in [0.2, 0.25) is 0 Å². The lowest BCUT2D eigenvalue weighted by atomic mass is 10.2. The normalized spacial score (nSPS) is 14.8. The summed E-state index contributed by atoms with van der Waals surface area (Å²) in [6.45, 7) is 0.814. The van der Waals surface area contributed by atoms with Crippen LogP contribution in [0, 0.1) is 0 Å². The molecule has 3 aromatic heterocycles. The molecule has 5 heteroatoms. The van der Waals surface area contributed by atoms with Gasteiger partial charge in [-0.15, -0.1) is 11.3 Å². The lowest BCUT2D eigenvalue weighted by molar-refractivity contribution is 0.673. The first-order valence-corrected chi connectivity index (χ1v) is 7.65. The number of nitrogens with one attached hydrogen (secondary N) is 1. The Kier molecular flexibility index (Phi) is 2.94. The molecule has 0 aromatic carbocycles. The second-order valence-corrected chi connectivity index (χ2v) is 6.00. The van der Waals surface area contributed by atoms with Crippen LogP contribution in [0.2, 0.25) is 0 Å². The van der Waals surface area contributed by atoms with Crippen LogP contribution in [0.4, 0.5) is 0 Å². The van der Waals surface area contributed by atoms with Gasteiger partial charge in [-0.1, -0.05) is 0 Å². The third-order valence-electron chi connectivity index (χ3n) is 3.42. The van der Waals surface area contributed by atoms with Crippen molar-refractivity contribution < 1.29 is 0 Å². The molecule has 1 aliphatic carbocycles. The van der Waals surface area contributed by atoms with Crippen LogP contribution < -0.4 is 5.32 Å². The number of thiophene rings is 1. The average molecular weight is 282 g/mol. The summed E-state index contributed by atoms with van der Waals surface area (Å²) in [4.78, 5) is 13.4. The van der Waals surface area contributed by atoms with Crippen LogP contribution in [0.1, 0.15) is 18.5 Å². The Bertz CT molecular complexity index is 748. The Hall–Kier alpha value is -1.85. The largest absolute Gasteiger partial charge is 0.308 e. The van der Waals surface area contributed by atoms with Crippen molar-refractivity contribution in [2.75, 3.05) is 0 Å². The first-order valence-electron chi connectivity index (χ1n) is 6.77. The van der Waals surface area contributed by atoms with Crippen LogP contribution in [0.25, 0.3) is 21.6 Å². The lowest BCUT2D eigenvalue weighted by Crippen LogP contribution is -2.16. The maximum atomic E-state index is 4.62. The third-order valence-corrected chi connectivity index (χ3v) is 4.28. The molecule has 0 atom stereocenters. The van der Waals surface area contributed by atoms with Crippen molar-refractivity contribution in [2.24, 2.45) is 0 Å². The fourth-order valence-electron chi connectivity index (χ4n) is 2.14. The first kappa shape index (κ1) is 11.9. The van der Waals surface area contributed by atoms with E-state index >= 15 is 0 Å². The molecular formula is C15H14N4S. The van der Waals surface area contributed by atoms with Gasteiger partial charge in [0.05, 0.1) is 15.9 Å². The number of pyridine rings is 1. The minimum absolute atomic E-state index is 0.692. The summed E-state index contributed by atoms with van der Waals surface area (Å²) in [7, 11) is 0. The van der Waals surface area contributed by atoms with Gasteiger partial charge in [0.25, 0.3) is 0 Å². The first-order chi connectivity index (χ1) is 9.88. The minimum atomic E-state index is 0.692. The Morgan fingerprint density at radius 3 is 3.10 bits per heavy atom. The molecule has 3 heterocycles. The quantitative estimate of drug-likeness (QED) is 0.799. The second kappa shape index (κ2) is 4.92. The fraction of sp³-hybridized carbons (Fsp3) is 0.267. The summed E-state index contributed by atoms with van der Waals surface area (Å²) in [6.07, 6.45) is 6.25. The van der Waals surface area contributed by atoms with E-state index < -0.39 is 0 Å². The van der Waals surface area contributed by atoms with Crippen LogP contribution in [-0.2, 0) is 6.54 Å². The Balaban J connectivity index is 1.63. The maximum absolute atomic E-state index is 4.62. The number of hydrogen-bond acceptors (Lipinski definition) is 5. The predicted molar refractivity (Wildman–Crippen MR) is 80.5 cm³/mol. The lowest BCUT2D eigenvalue weighted by Gasteiger charge is -2.05. The van der Waals surface area contributed by atoms with E-state index in [9.17, 15) is 0 Å². The zero-order valence-electron chi connectivity index (χ0n) is 10.9. The smallest absolute Gasteiger partial charge is 0.161 e. The molecule has 4 rings (SSSR count). The van der Waals surface area contributed by atoms with E-state index in [1.54, 1.807) is 11.3 Å². The Morgan fingerprint density at radius 1 is 1.25 bits per heavy atom. The minimum Gasteiger partial charge on any atom is -0.308 e. The molecule has 0 saturated heterocycles. The highest BCUT2D eigenvalue weighted by atomic mass is 32.1. The van der Waals surface area contributed by atoms with Crippen LogP contribution >= 0.6 is 11.3 Å². The van der Waals surface area contributed by atoms with Crippen molar-refractivity contribution >= 4 is 21.6 Å². The number of rotatable bonds is 4. The zero-order chi connectivity index (χ0) is 13.4. The number of nitrogens with zero attached hydrogens (tertiary/aromatic N) is 3. The summed E-state index contributed by atoms with van der Waals surface area (Å²) < 4.78 is 1.17. The van der Waals surface area contributed by atoms with Crippen LogP contribution in [0.15, 0.2) is 36.0 Å². The molecule has 0 amide bonds. The molecule has 20 heavy (non-hydrogen) atoms. The summed E-state index contributed by atoms with van der Waals surface area (Å²) in [5.74, 6) is 0.753. The summed E-state index contributed by atoms with van der Waals surface area (Å²) in [6, 6.07) is 6.80. The molecule has 1 aliphatic rings. The SMILES string of the molecule is c1cc(CNC2CC2)nc(-c2cnc3ccsc3c2)n1. The highest BCUT2D eigenvalue weighted by molar-refractivity contribution is 7.17. The molecule has 1 N–H and O–H groups in total. The Morgan fingerprint density at radius 2 is 2.20 bits per heavy atom. The molecule has 0 bridgehead atoms. The monoisotopic (exact) mass is 282 g/mol. The number of aromatic nitrogens is 3. The van der Waals surface area contributed by atoms with Gasteiger partial charge in [-0.05, 0) is 36.4 Å². The standard InChI is InChI=1S/C15H14N4S/c1-2-11(1)17-9-12-3-5-16-15(19-12)10-7-14-13(18-8-10)4-6-20-14/h3-8,11,17H,1-2,9H2. The molecule has 4 nitrogen and oxygen atoms in total. The van der Waals surface area contributed by atoms with Gasteiger partial charge in [0, 0.05) is 30.5 Å². The van der Waals surface area contributed by atoms with Crippen molar-refractivity contribution in [1.29, 1.82) is 0 Å². The molecule has 3 aromatic rings. The topological polar surface area (TPSA) is 50.7 Å². The molecule has 1 saturated carbocycles. The van der Waals surface area contributed by atoms with E-state index in [-0.39, 0.29) is 0 Å². The molecule has 1 fully saturated rings. The van der Waals surface area contributed by atoms with Crippen molar-refractivity contribution in [1.82, 2.24) is 20.3 Å². The summed E-state index contributed by atoms with van der Waals surface area (Å²) >= 11 is 1.69. The van der Waals surface area contributed by atoms with Crippen molar-refractivity contribution in [3.05, 3.63) is 41.7 Å². The second-order valence-electron chi connectivity index (χ2n) is 5.05. The van der Waals surface area contributed by atoms with E-state index in [0.29, 0.717) is 6.04 Å². The van der Waals surface area contributed by atoms with Crippen LogP contribution in [-0.4, -0.2) is 21.0 Å². The van der Waals surface area contributed by atoms with Gasteiger partial charge in [0.15, 0.2) is 5.82 Å². The van der Waals surface area contributed by atoms with Crippen LogP contribution in [0.5, 0.6) is 0 Å². The van der Waals surface area contributed by atoms with E-state index in [4.69, 9.17) is 0 Å². The van der Waals surface area contributed by atoms with Gasteiger partial charge < -0.3 is 5.32 Å². The molecule has 0 aliphatic heterocycles. The Labute approximate surface area is 120 Å². The molecule has 100 valence electrons. The summed E-state index contributed by atoms with van der Waals surface area (Å²) in [5, 5.41) is 5.53. The van der Waals surface area contributed by atoms with Crippen molar-refractivity contribution in [3.8, 4) is 11.4 Å². The fourth-order valence-corrected chi connectivity index (χ4v) is 2.92. The molecule has 0 spiro atoms. The van der Waals surface area contributed by atoms with Crippen molar-refractivity contribution in [3.63, 3.8) is 0 Å². The van der Waals surface area contributed by atoms with E-state index in [2.05, 4.69) is 31.7 Å². The van der Waals surface area contributed by atoms with E-state index in [1.807, 2.05) is 24.5 Å². The van der Waals surface area contributed by atoms with Gasteiger partial charge in [-0.2, -0.15) is 0 Å². The predicted octanol–water partition coefficient (Wildman–Crippen LogP) is 3.01. The third kappa shape index (κ3) is 2.42. The van der Waals surface area contributed by atoms with Gasteiger partial charge in [-0.3, -0.25) is 4.98 Å². The van der Waals surface area contributed by atoms with Gasteiger partial charge >= 0.3 is 0 Å². The van der Waals surface area contributed by atoms with Crippen LogP contribution in [0.3, 0.4) is 0 Å². The summed E-state index contributed by atoms with van der Waals surface area (Å²) in [5.41, 5.74) is 3.05. The highest BCUT2D eigenvalue weighted by Gasteiger charge is 2.20.